The van der Waals surface area contributed by atoms with Crippen LogP contribution in [0.2, 0.25) is 0 Å². The van der Waals surface area contributed by atoms with Gasteiger partial charge in [-0.05, 0) is 54.8 Å². The van der Waals surface area contributed by atoms with Crippen molar-refractivity contribution in [2.75, 3.05) is 19.6 Å². The molecular formula is C25H29N3O2. The summed E-state index contributed by atoms with van der Waals surface area (Å²) in [6, 6.07) is 21.3. The summed E-state index contributed by atoms with van der Waals surface area (Å²) in [4.78, 5) is 18.8. The van der Waals surface area contributed by atoms with E-state index in [1.54, 1.807) is 12.4 Å². The molecule has 3 rings (SSSR count). The third kappa shape index (κ3) is 6.24. The number of rotatable bonds is 10. The molecule has 0 radical (unpaired) electrons. The molecule has 0 fully saturated rings. The highest BCUT2D eigenvalue weighted by Crippen LogP contribution is 2.12. The van der Waals surface area contributed by atoms with Gasteiger partial charge in [-0.2, -0.15) is 0 Å². The largest absolute Gasteiger partial charge is 0.387 e. The predicted molar refractivity (Wildman–Crippen MR) is 119 cm³/mol. The molecule has 5 nitrogen and oxygen atoms in total. The summed E-state index contributed by atoms with van der Waals surface area (Å²) in [5.41, 5.74) is 3.79. The number of nitrogens with one attached hydrogen (secondary N) is 1. The molecule has 0 spiro atoms. The van der Waals surface area contributed by atoms with Crippen LogP contribution in [-0.2, 0) is 13.0 Å². The summed E-state index contributed by atoms with van der Waals surface area (Å²) in [7, 11) is 0. The van der Waals surface area contributed by atoms with E-state index in [4.69, 9.17) is 0 Å². The smallest absolute Gasteiger partial charge is 0.254 e. The minimum atomic E-state index is -0.508. The Hall–Kier alpha value is -3.02. The second-order valence-corrected chi connectivity index (χ2v) is 7.26. The van der Waals surface area contributed by atoms with Crippen molar-refractivity contribution < 1.29 is 9.90 Å². The van der Waals surface area contributed by atoms with E-state index in [2.05, 4.69) is 10.3 Å². The van der Waals surface area contributed by atoms with E-state index in [9.17, 15) is 9.90 Å². The van der Waals surface area contributed by atoms with E-state index in [1.807, 2.05) is 78.6 Å². The first kappa shape index (κ1) is 21.7. The monoisotopic (exact) mass is 403 g/mol. The number of carbonyl (C=O) groups is 1. The Morgan fingerprint density at radius 3 is 2.47 bits per heavy atom. The number of aliphatic hydroxyl groups excluding tert-OH is 1. The van der Waals surface area contributed by atoms with Crippen molar-refractivity contribution >= 4 is 5.91 Å². The SMILES string of the molecule is CCN(Cc1cccnc1)C(=O)c1ccc(CCNC[C@H](O)c2ccccc2)cc1. The van der Waals surface area contributed by atoms with Crippen molar-refractivity contribution in [2.24, 2.45) is 0 Å². The molecule has 0 aliphatic carbocycles. The maximum atomic E-state index is 12.8. The zero-order chi connectivity index (χ0) is 21.2. The van der Waals surface area contributed by atoms with Crippen molar-refractivity contribution in [3.8, 4) is 0 Å². The number of pyridine rings is 1. The Morgan fingerprint density at radius 1 is 1.03 bits per heavy atom. The molecule has 156 valence electrons. The van der Waals surface area contributed by atoms with Gasteiger partial charge in [-0.15, -0.1) is 0 Å². The quantitative estimate of drug-likeness (QED) is 0.508. The van der Waals surface area contributed by atoms with Crippen LogP contribution >= 0.6 is 0 Å². The molecule has 2 aromatic carbocycles. The molecule has 0 saturated carbocycles. The fourth-order valence-corrected chi connectivity index (χ4v) is 3.30. The minimum absolute atomic E-state index is 0.0250. The molecule has 1 heterocycles. The van der Waals surface area contributed by atoms with Gasteiger partial charge in [0, 0.05) is 37.6 Å². The van der Waals surface area contributed by atoms with Crippen LogP contribution in [0.1, 0.15) is 40.1 Å². The van der Waals surface area contributed by atoms with Gasteiger partial charge in [0.25, 0.3) is 5.91 Å². The second kappa shape index (κ2) is 11.2. The number of carbonyl (C=O) groups excluding carboxylic acids is 1. The lowest BCUT2D eigenvalue weighted by atomic mass is 10.1. The van der Waals surface area contributed by atoms with Crippen molar-refractivity contribution in [3.05, 3.63) is 101 Å². The van der Waals surface area contributed by atoms with Gasteiger partial charge < -0.3 is 15.3 Å². The molecule has 3 aromatic rings. The van der Waals surface area contributed by atoms with Crippen LogP contribution in [0, 0.1) is 0 Å². The molecular weight excluding hydrogens is 374 g/mol. The number of amides is 1. The molecule has 2 N–H and O–H groups in total. The number of nitrogens with zero attached hydrogens (tertiary/aromatic N) is 2. The minimum Gasteiger partial charge on any atom is -0.387 e. The highest BCUT2D eigenvalue weighted by molar-refractivity contribution is 5.94. The van der Waals surface area contributed by atoms with Gasteiger partial charge in [-0.25, -0.2) is 0 Å². The Balaban J connectivity index is 1.47. The van der Waals surface area contributed by atoms with Crippen LogP contribution in [0.4, 0.5) is 0 Å². The molecule has 0 saturated heterocycles. The number of benzene rings is 2. The van der Waals surface area contributed by atoms with Gasteiger partial charge in [-0.3, -0.25) is 9.78 Å². The van der Waals surface area contributed by atoms with Crippen LogP contribution in [0.15, 0.2) is 79.1 Å². The molecule has 0 aliphatic rings. The van der Waals surface area contributed by atoms with Crippen molar-refractivity contribution in [3.63, 3.8) is 0 Å². The Bertz CT molecular complexity index is 899. The number of hydrogen-bond donors (Lipinski definition) is 2. The van der Waals surface area contributed by atoms with E-state index < -0.39 is 6.10 Å². The average molecular weight is 404 g/mol. The molecule has 1 amide bonds. The third-order valence-corrected chi connectivity index (χ3v) is 5.08. The first-order chi connectivity index (χ1) is 14.7. The van der Waals surface area contributed by atoms with Crippen molar-refractivity contribution in [1.29, 1.82) is 0 Å². The molecule has 5 heteroatoms. The maximum Gasteiger partial charge on any atom is 0.254 e. The third-order valence-electron chi connectivity index (χ3n) is 5.08. The van der Waals surface area contributed by atoms with E-state index in [0.717, 1.165) is 29.7 Å². The Labute approximate surface area is 178 Å². The lowest BCUT2D eigenvalue weighted by Crippen LogP contribution is -2.30. The number of aromatic nitrogens is 1. The zero-order valence-electron chi connectivity index (χ0n) is 17.4. The van der Waals surface area contributed by atoms with Gasteiger partial charge in [0.15, 0.2) is 0 Å². The summed E-state index contributed by atoms with van der Waals surface area (Å²) < 4.78 is 0. The van der Waals surface area contributed by atoms with Gasteiger partial charge in [-0.1, -0.05) is 48.5 Å². The van der Waals surface area contributed by atoms with Crippen LogP contribution in [0.25, 0.3) is 0 Å². The summed E-state index contributed by atoms with van der Waals surface area (Å²) in [6.45, 7) is 4.46. The lowest BCUT2D eigenvalue weighted by Gasteiger charge is -2.21. The van der Waals surface area contributed by atoms with Gasteiger partial charge in [0.05, 0.1) is 6.10 Å². The summed E-state index contributed by atoms with van der Waals surface area (Å²) in [6.07, 6.45) is 3.85. The molecule has 0 unspecified atom stereocenters. The van der Waals surface area contributed by atoms with Gasteiger partial charge >= 0.3 is 0 Å². The molecule has 30 heavy (non-hydrogen) atoms. The normalized spacial score (nSPS) is 11.8. The topological polar surface area (TPSA) is 65.5 Å². The zero-order valence-corrected chi connectivity index (χ0v) is 17.4. The maximum absolute atomic E-state index is 12.8. The highest BCUT2D eigenvalue weighted by Gasteiger charge is 2.14. The van der Waals surface area contributed by atoms with Crippen molar-refractivity contribution in [2.45, 2.75) is 26.0 Å². The summed E-state index contributed by atoms with van der Waals surface area (Å²) >= 11 is 0. The standard InChI is InChI=1S/C25H29N3O2/c1-2-28(19-21-7-6-15-26-17-21)25(30)23-12-10-20(11-13-23)14-16-27-18-24(29)22-8-4-3-5-9-22/h3-13,15,17,24,27,29H,2,14,16,18-19H2,1H3/t24-/m0/s1. The molecule has 1 aromatic heterocycles. The van der Waals surface area contributed by atoms with E-state index in [0.29, 0.717) is 25.2 Å². The van der Waals surface area contributed by atoms with E-state index in [-0.39, 0.29) is 5.91 Å². The number of aliphatic hydroxyl groups is 1. The molecule has 1 atom stereocenters. The van der Waals surface area contributed by atoms with E-state index >= 15 is 0 Å². The number of hydrogen-bond acceptors (Lipinski definition) is 4. The summed E-state index contributed by atoms with van der Waals surface area (Å²) in [5, 5.41) is 13.5. The average Bonchev–Trinajstić information content (AvgIpc) is 2.81. The molecule has 0 bridgehead atoms. The van der Waals surface area contributed by atoms with Crippen molar-refractivity contribution in [1.82, 2.24) is 15.2 Å². The first-order valence-corrected chi connectivity index (χ1v) is 10.4. The fraction of sp³-hybridized carbons (Fsp3) is 0.280. The van der Waals surface area contributed by atoms with Gasteiger partial charge in [0.2, 0.25) is 0 Å². The molecule has 0 aliphatic heterocycles. The van der Waals surface area contributed by atoms with Crippen LogP contribution in [0.3, 0.4) is 0 Å². The fourth-order valence-electron chi connectivity index (χ4n) is 3.30. The Morgan fingerprint density at radius 2 is 1.80 bits per heavy atom. The first-order valence-electron chi connectivity index (χ1n) is 10.4. The lowest BCUT2D eigenvalue weighted by molar-refractivity contribution is 0.0752. The van der Waals surface area contributed by atoms with E-state index in [1.165, 1.54) is 0 Å². The summed E-state index contributed by atoms with van der Waals surface area (Å²) in [5.74, 6) is 0.0250. The van der Waals surface area contributed by atoms with Crippen LogP contribution in [0.5, 0.6) is 0 Å². The Kier molecular flexibility index (Phi) is 8.12. The van der Waals surface area contributed by atoms with Gasteiger partial charge in [0.1, 0.15) is 0 Å². The highest BCUT2D eigenvalue weighted by atomic mass is 16.3. The second-order valence-electron chi connectivity index (χ2n) is 7.26. The van der Waals surface area contributed by atoms with Crippen LogP contribution in [-0.4, -0.2) is 40.5 Å². The van der Waals surface area contributed by atoms with Crippen LogP contribution < -0.4 is 5.32 Å². The predicted octanol–water partition coefficient (Wildman–Crippen LogP) is 3.61.